The van der Waals surface area contributed by atoms with Gasteiger partial charge in [-0.3, -0.25) is 23.5 Å². The third kappa shape index (κ3) is 7.19. The SMILES string of the molecule is N#CCn1cc(-c2cnc3c(Nc4ccc(C(=O)N5CCN(C(=O)[C@H]6CC[C@H](N)C6)CC5)c(Cl)c4)nccn23)c(C(F)(F)F)n1.O=CO. The van der Waals surface area contributed by atoms with E-state index in [1.165, 1.54) is 23.0 Å². The van der Waals surface area contributed by atoms with Crippen LogP contribution in [0.15, 0.2) is 43.0 Å². The molecule has 2 amide bonds. The van der Waals surface area contributed by atoms with Crippen molar-refractivity contribution in [2.45, 2.75) is 38.0 Å². The van der Waals surface area contributed by atoms with Gasteiger partial charge in [0.25, 0.3) is 12.4 Å². The molecule has 252 valence electrons. The number of piperazine rings is 1. The molecule has 18 heteroatoms. The van der Waals surface area contributed by atoms with E-state index in [9.17, 15) is 22.8 Å². The molecular formula is C30H30ClF3N10O4. The lowest BCUT2D eigenvalue weighted by molar-refractivity contribution is -0.141. The summed E-state index contributed by atoms with van der Waals surface area (Å²) in [4.78, 5) is 46.5. The minimum Gasteiger partial charge on any atom is -0.483 e. The number of amides is 2. The first-order valence-corrected chi connectivity index (χ1v) is 15.1. The number of hydrogen-bond donors (Lipinski definition) is 3. The summed E-state index contributed by atoms with van der Waals surface area (Å²) in [7, 11) is 0. The first-order chi connectivity index (χ1) is 22.9. The highest BCUT2D eigenvalue weighted by molar-refractivity contribution is 6.34. The Hall–Kier alpha value is -5.21. The second-order valence-corrected chi connectivity index (χ2v) is 11.6. The van der Waals surface area contributed by atoms with E-state index in [-0.39, 0.29) is 64.5 Å². The highest BCUT2D eigenvalue weighted by Gasteiger charge is 2.38. The molecule has 1 aliphatic heterocycles. The van der Waals surface area contributed by atoms with Crippen molar-refractivity contribution >= 4 is 47.0 Å². The minimum atomic E-state index is -4.75. The standard InChI is InChI=1S/C29H28ClF3N10O2.CH2O2/c30-22-14-19(3-4-20(22)28(45)41-11-9-40(10-12-41)27(44)17-1-2-18(35)13-17)38-25-26-37-15-23(43(26)8-6-36-25)21-16-42(7-5-34)39-24(21)29(31,32)33;2-1-3/h3-4,6,8,14-18H,1-2,7,9-13,35H2,(H,36,38);1H,(H,2,3)/t17-,18-;/m0./s1. The van der Waals surface area contributed by atoms with Crippen LogP contribution < -0.4 is 11.1 Å². The molecule has 1 saturated carbocycles. The number of anilines is 2. The van der Waals surface area contributed by atoms with Gasteiger partial charge in [-0.25, -0.2) is 9.97 Å². The van der Waals surface area contributed by atoms with Crippen molar-refractivity contribution in [3.63, 3.8) is 0 Å². The second kappa shape index (κ2) is 14.3. The van der Waals surface area contributed by atoms with Gasteiger partial charge in [-0.15, -0.1) is 0 Å². The van der Waals surface area contributed by atoms with Crippen LogP contribution in [0.3, 0.4) is 0 Å². The molecule has 2 atom stereocenters. The molecule has 0 radical (unpaired) electrons. The van der Waals surface area contributed by atoms with Crippen LogP contribution in [-0.4, -0.2) is 89.6 Å². The van der Waals surface area contributed by atoms with Crippen molar-refractivity contribution in [2.75, 3.05) is 31.5 Å². The molecule has 0 unspecified atom stereocenters. The highest BCUT2D eigenvalue weighted by Crippen LogP contribution is 2.37. The average Bonchev–Trinajstić information content (AvgIpc) is 3.80. The first-order valence-electron chi connectivity index (χ1n) is 14.8. The number of carbonyl (C=O) groups is 3. The van der Waals surface area contributed by atoms with Crippen molar-refractivity contribution in [3.05, 3.63) is 59.3 Å². The molecule has 0 bridgehead atoms. The van der Waals surface area contributed by atoms with Gasteiger partial charge >= 0.3 is 6.18 Å². The molecule has 14 nitrogen and oxygen atoms in total. The second-order valence-electron chi connectivity index (χ2n) is 11.2. The van der Waals surface area contributed by atoms with Gasteiger partial charge in [0.2, 0.25) is 5.91 Å². The van der Waals surface area contributed by atoms with Gasteiger partial charge in [0, 0.05) is 62.4 Å². The van der Waals surface area contributed by atoms with E-state index in [0.717, 1.165) is 23.7 Å². The fourth-order valence-electron chi connectivity index (χ4n) is 5.88. The maximum absolute atomic E-state index is 13.8. The molecule has 1 aromatic carbocycles. The number of nitriles is 1. The number of carboxylic acid groups (broad SMARTS) is 1. The maximum Gasteiger partial charge on any atom is 0.435 e. The molecule has 2 aliphatic rings. The Labute approximate surface area is 276 Å². The Morgan fingerprint density at radius 1 is 1.17 bits per heavy atom. The number of halogens is 4. The van der Waals surface area contributed by atoms with E-state index in [1.807, 2.05) is 0 Å². The number of fused-ring (bicyclic) bond motifs is 1. The summed E-state index contributed by atoms with van der Waals surface area (Å²) in [6.45, 7) is 1.07. The Morgan fingerprint density at radius 3 is 2.50 bits per heavy atom. The van der Waals surface area contributed by atoms with Crippen LogP contribution in [0.4, 0.5) is 24.7 Å². The van der Waals surface area contributed by atoms with E-state index >= 15 is 0 Å². The number of hydrogen-bond acceptors (Lipinski definition) is 9. The largest absolute Gasteiger partial charge is 0.483 e. The third-order valence-corrected chi connectivity index (χ3v) is 8.44. The summed E-state index contributed by atoms with van der Waals surface area (Å²) in [5.74, 6) is 0.0426. The van der Waals surface area contributed by atoms with Crippen LogP contribution in [0, 0.1) is 17.2 Å². The zero-order chi connectivity index (χ0) is 34.6. The maximum atomic E-state index is 13.8. The van der Waals surface area contributed by atoms with Gasteiger partial charge in [-0.05, 0) is 37.5 Å². The Kier molecular flexibility index (Phi) is 10.2. The zero-order valence-electron chi connectivity index (χ0n) is 25.3. The van der Waals surface area contributed by atoms with Gasteiger partial charge in [0.15, 0.2) is 17.2 Å². The molecule has 4 aromatic rings. The molecule has 0 spiro atoms. The van der Waals surface area contributed by atoms with Crippen LogP contribution in [0.1, 0.15) is 35.3 Å². The van der Waals surface area contributed by atoms with Crippen molar-refractivity contribution in [3.8, 4) is 17.3 Å². The Bertz CT molecular complexity index is 1860. The smallest absolute Gasteiger partial charge is 0.435 e. The normalized spacial score (nSPS) is 17.8. The summed E-state index contributed by atoms with van der Waals surface area (Å²) < 4.78 is 43.6. The van der Waals surface area contributed by atoms with Crippen LogP contribution in [0.25, 0.3) is 16.9 Å². The predicted octanol–water partition coefficient (Wildman–Crippen LogP) is 3.64. The number of nitrogens with one attached hydrogen (secondary N) is 1. The molecule has 1 aliphatic carbocycles. The van der Waals surface area contributed by atoms with Crippen molar-refractivity contribution in [2.24, 2.45) is 11.7 Å². The lowest BCUT2D eigenvalue weighted by Gasteiger charge is -2.36. The molecule has 48 heavy (non-hydrogen) atoms. The fourth-order valence-corrected chi connectivity index (χ4v) is 6.14. The molecule has 6 rings (SSSR count). The quantitative estimate of drug-likeness (QED) is 0.253. The first kappa shape index (κ1) is 34.1. The summed E-state index contributed by atoms with van der Waals surface area (Å²) in [5, 5.41) is 22.6. The number of benzene rings is 1. The van der Waals surface area contributed by atoms with E-state index in [4.69, 9.17) is 32.5 Å². The molecule has 1 saturated heterocycles. The number of alkyl halides is 3. The summed E-state index contributed by atoms with van der Waals surface area (Å²) in [6, 6.07) is 6.64. The number of nitrogens with two attached hydrogens (primary N) is 1. The van der Waals surface area contributed by atoms with Gasteiger partial charge in [0.05, 0.1) is 34.1 Å². The van der Waals surface area contributed by atoms with Crippen LogP contribution in [-0.2, 0) is 22.3 Å². The predicted molar refractivity (Wildman–Crippen MR) is 166 cm³/mol. The monoisotopic (exact) mass is 686 g/mol. The number of imidazole rings is 1. The van der Waals surface area contributed by atoms with Gasteiger partial charge in [0.1, 0.15) is 6.54 Å². The Morgan fingerprint density at radius 2 is 1.88 bits per heavy atom. The van der Waals surface area contributed by atoms with Gasteiger partial charge in [-0.2, -0.15) is 23.5 Å². The van der Waals surface area contributed by atoms with Crippen LogP contribution in [0.5, 0.6) is 0 Å². The number of carbonyl (C=O) groups excluding carboxylic acids is 2. The van der Waals surface area contributed by atoms with Crippen molar-refractivity contribution in [1.82, 2.24) is 33.9 Å². The molecule has 4 heterocycles. The molecule has 4 N–H and O–H groups in total. The van der Waals surface area contributed by atoms with Gasteiger partial charge < -0.3 is 26.0 Å². The van der Waals surface area contributed by atoms with E-state index in [0.29, 0.717) is 43.9 Å². The summed E-state index contributed by atoms with van der Waals surface area (Å²) >= 11 is 6.54. The van der Waals surface area contributed by atoms with Gasteiger partial charge in [-0.1, -0.05) is 11.6 Å². The van der Waals surface area contributed by atoms with E-state index < -0.39 is 11.9 Å². The van der Waals surface area contributed by atoms with E-state index in [2.05, 4.69) is 20.4 Å². The topological polar surface area (TPSA) is 188 Å². The highest BCUT2D eigenvalue weighted by atomic mass is 35.5. The minimum absolute atomic E-state index is 0.0450. The summed E-state index contributed by atoms with van der Waals surface area (Å²) in [6.07, 6.45) is 2.90. The zero-order valence-corrected chi connectivity index (χ0v) is 26.0. The molecular weight excluding hydrogens is 657 g/mol. The molecule has 3 aromatic heterocycles. The fraction of sp³-hybridized carbons (Fsp3) is 0.367. The third-order valence-electron chi connectivity index (χ3n) is 8.13. The Balaban J connectivity index is 0.00000145. The van der Waals surface area contributed by atoms with Crippen molar-refractivity contribution in [1.29, 1.82) is 5.26 Å². The number of nitrogens with zero attached hydrogens (tertiary/aromatic N) is 8. The van der Waals surface area contributed by atoms with Crippen LogP contribution >= 0.6 is 11.6 Å². The summed E-state index contributed by atoms with van der Waals surface area (Å²) in [5.41, 5.74) is 5.72. The lowest BCUT2D eigenvalue weighted by Crippen LogP contribution is -2.51. The molecule has 2 fully saturated rings. The average molecular weight is 687 g/mol. The van der Waals surface area contributed by atoms with Crippen LogP contribution in [0.2, 0.25) is 5.02 Å². The van der Waals surface area contributed by atoms with E-state index in [1.54, 1.807) is 34.1 Å². The lowest BCUT2D eigenvalue weighted by atomic mass is 10.1. The number of aromatic nitrogens is 5. The van der Waals surface area contributed by atoms with Crippen molar-refractivity contribution < 1.29 is 32.7 Å². The number of rotatable bonds is 6.